The van der Waals surface area contributed by atoms with Crippen LogP contribution in [-0.2, 0) is 10.3 Å². The molecule has 2 aromatic rings. The van der Waals surface area contributed by atoms with Gasteiger partial charge in [0.05, 0.1) is 11.6 Å². The average Bonchev–Trinajstić information content (AvgIpc) is 2.80. The van der Waals surface area contributed by atoms with E-state index in [1.54, 1.807) is 43.3 Å². The molecule has 1 aliphatic rings. The van der Waals surface area contributed by atoms with Gasteiger partial charge in [-0.25, -0.2) is 4.79 Å². The number of imide groups is 1. The molecule has 1 saturated heterocycles. The molecule has 1 heterocycles. The van der Waals surface area contributed by atoms with Crippen LogP contribution in [0, 0.1) is 0 Å². The molecular formula is C18H15Cl3N2O3. The maximum Gasteiger partial charge on any atom is 0.325 e. The van der Waals surface area contributed by atoms with Crippen molar-refractivity contribution in [1.82, 2.24) is 10.2 Å². The Labute approximate surface area is 165 Å². The van der Waals surface area contributed by atoms with Gasteiger partial charge in [0.25, 0.3) is 5.91 Å². The number of carbonyl (C=O) groups is 2. The zero-order valence-corrected chi connectivity index (χ0v) is 16.0. The maximum absolute atomic E-state index is 12.9. The number of nitrogens with one attached hydrogen (secondary N) is 1. The highest BCUT2D eigenvalue weighted by molar-refractivity contribution is 6.35. The minimum Gasteiger partial charge on any atom is -0.490 e. The number of amides is 3. The molecule has 3 rings (SSSR count). The summed E-state index contributed by atoms with van der Waals surface area (Å²) in [5.74, 6) is 0.0826. The Morgan fingerprint density at radius 3 is 2.50 bits per heavy atom. The lowest BCUT2D eigenvalue weighted by Crippen LogP contribution is -2.41. The second-order valence-electron chi connectivity index (χ2n) is 5.91. The second kappa shape index (κ2) is 7.35. The third-order valence-corrected chi connectivity index (χ3v) is 5.01. The summed E-state index contributed by atoms with van der Waals surface area (Å²) in [5, 5.41) is 3.91. The number of halogens is 3. The number of ether oxygens (including phenoxy) is 1. The molecule has 5 nitrogen and oxygen atoms in total. The number of benzene rings is 2. The Bertz CT molecular complexity index is 875. The van der Waals surface area contributed by atoms with Gasteiger partial charge in [0, 0.05) is 15.6 Å². The van der Waals surface area contributed by atoms with Gasteiger partial charge in [-0.15, -0.1) is 0 Å². The van der Waals surface area contributed by atoms with Crippen LogP contribution in [-0.4, -0.2) is 30.0 Å². The van der Waals surface area contributed by atoms with Crippen molar-refractivity contribution in [3.05, 3.63) is 63.1 Å². The molecule has 0 saturated carbocycles. The molecule has 1 fully saturated rings. The van der Waals surface area contributed by atoms with Gasteiger partial charge in [-0.1, -0.05) is 53.0 Å². The van der Waals surface area contributed by atoms with Crippen LogP contribution >= 0.6 is 34.8 Å². The molecular weight excluding hydrogens is 399 g/mol. The van der Waals surface area contributed by atoms with Crippen LogP contribution in [0.2, 0.25) is 15.1 Å². The van der Waals surface area contributed by atoms with E-state index in [2.05, 4.69) is 5.32 Å². The van der Waals surface area contributed by atoms with Crippen LogP contribution in [0.3, 0.4) is 0 Å². The molecule has 136 valence electrons. The van der Waals surface area contributed by atoms with Crippen molar-refractivity contribution in [2.75, 3.05) is 13.2 Å². The summed E-state index contributed by atoms with van der Waals surface area (Å²) in [7, 11) is 0. The molecule has 3 amide bonds. The Morgan fingerprint density at radius 1 is 1.08 bits per heavy atom. The van der Waals surface area contributed by atoms with Crippen molar-refractivity contribution in [3.63, 3.8) is 0 Å². The summed E-state index contributed by atoms with van der Waals surface area (Å²) in [5.41, 5.74) is -0.778. The van der Waals surface area contributed by atoms with Crippen molar-refractivity contribution in [2.45, 2.75) is 12.5 Å². The highest BCUT2D eigenvalue weighted by Crippen LogP contribution is 2.35. The van der Waals surface area contributed by atoms with Gasteiger partial charge in [-0.2, -0.15) is 0 Å². The number of rotatable bonds is 5. The summed E-state index contributed by atoms with van der Waals surface area (Å²) >= 11 is 18.1. The second-order valence-corrected chi connectivity index (χ2v) is 7.17. The van der Waals surface area contributed by atoms with Gasteiger partial charge >= 0.3 is 6.03 Å². The molecule has 0 bridgehead atoms. The lowest BCUT2D eigenvalue weighted by Gasteiger charge is -2.23. The maximum atomic E-state index is 12.9. The van der Waals surface area contributed by atoms with Gasteiger partial charge < -0.3 is 10.1 Å². The zero-order valence-electron chi connectivity index (χ0n) is 13.8. The van der Waals surface area contributed by atoms with Crippen LogP contribution in [0.4, 0.5) is 4.79 Å². The van der Waals surface area contributed by atoms with E-state index in [9.17, 15) is 9.59 Å². The first kappa shape index (κ1) is 18.8. The van der Waals surface area contributed by atoms with Crippen LogP contribution < -0.4 is 10.1 Å². The van der Waals surface area contributed by atoms with Gasteiger partial charge in [-0.3, -0.25) is 9.69 Å². The third-order valence-electron chi connectivity index (χ3n) is 4.15. The van der Waals surface area contributed by atoms with Crippen molar-refractivity contribution < 1.29 is 14.3 Å². The highest BCUT2D eigenvalue weighted by Gasteiger charge is 2.49. The number of hydrogen-bond acceptors (Lipinski definition) is 3. The predicted molar refractivity (Wildman–Crippen MR) is 101 cm³/mol. The SMILES string of the molecule is C[C@]1(c2ccc(Cl)cc2Cl)NC(=O)N(CCOc2ccccc2Cl)C1=O. The minimum absolute atomic E-state index is 0.0800. The fourth-order valence-corrected chi connectivity index (χ4v) is 3.57. The van der Waals surface area contributed by atoms with Crippen molar-refractivity contribution in [3.8, 4) is 5.75 Å². The summed E-state index contributed by atoms with van der Waals surface area (Å²) in [6.45, 7) is 1.81. The fraction of sp³-hybridized carbons (Fsp3) is 0.222. The number of carbonyl (C=O) groups excluding carboxylic acids is 2. The number of urea groups is 1. The molecule has 1 atom stereocenters. The van der Waals surface area contributed by atoms with Gasteiger partial charge in [-0.05, 0) is 31.2 Å². The monoisotopic (exact) mass is 412 g/mol. The Hall–Kier alpha value is -1.95. The number of hydrogen-bond donors (Lipinski definition) is 1. The smallest absolute Gasteiger partial charge is 0.325 e. The third kappa shape index (κ3) is 3.47. The molecule has 0 aromatic heterocycles. The van der Waals surface area contributed by atoms with Crippen molar-refractivity contribution >= 4 is 46.7 Å². The Balaban J connectivity index is 1.73. The molecule has 1 N–H and O–H groups in total. The van der Waals surface area contributed by atoms with Crippen LogP contribution in [0.5, 0.6) is 5.75 Å². The van der Waals surface area contributed by atoms with E-state index in [0.29, 0.717) is 26.4 Å². The van der Waals surface area contributed by atoms with E-state index < -0.39 is 17.5 Å². The molecule has 0 spiro atoms. The quantitative estimate of drug-likeness (QED) is 0.735. The molecule has 0 radical (unpaired) electrons. The van der Waals surface area contributed by atoms with E-state index >= 15 is 0 Å². The summed E-state index contributed by atoms with van der Waals surface area (Å²) in [6, 6.07) is 11.3. The summed E-state index contributed by atoms with van der Waals surface area (Å²) in [6.07, 6.45) is 0. The lowest BCUT2D eigenvalue weighted by molar-refractivity contribution is -0.131. The normalized spacial score (nSPS) is 19.6. The minimum atomic E-state index is -1.26. The summed E-state index contributed by atoms with van der Waals surface area (Å²) < 4.78 is 5.56. The van der Waals surface area contributed by atoms with Crippen molar-refractivity contribution in [1.29, 1.82) is 0 Å². The largest absolute Gasteiger partial charge is 0.490 e. The molecule has 0 aliphatic carbocycles. The molecule has 8 heteroatoms. The fourth-order valence-electron chi connectivity index (χ4n) is 2.79. The van der Waals surface area contributed by atoms with E-state index in [1.807, 2.05) is 0 Å². The predicted octanol–water partition coefficient (Wildman–Crippen LogP) is 4.49. The molecule has 0 unspecified atom stereocenters. The van der Waals surface area contributed by atoms with Gasteiger partial charge in [0.1, 0.15) is 17.9 Å². The van der Waals surface area contributed by atoms with Crippen molar-refractivity contribution in [2.24, 2.45) is 0 Å². The molecule has 1 aliphatic heterocycles. The van der Waals surface area contributed by atoms with E-state index in [1.165, 1.54) is 6.07 Å². The van der Waals surface area contributed by atoms with Crippen LogP contribution in [0.1, 0.15) is 12.5 Å². The molecule has 26 heavy (non-hydrogen) atoms. The zero-order chi connectivity index (χ0) is 18.9. The lowest BCUT2D eigenvalue weighted by atomic mass is 9.92. The van der Waals surface area contributed by atoms with Gasteiger partial charge in [0.2, 0.25) is 0 Å². The Morgan fingerprint density at radius 2 is 1.81 bits per heavy atom. The first-order valence-corrected chi connectivity index (χ1v) is 8.93. The van der Waals surface area contributed by atoms with Gasteiger partial charge in [0.15, 0.2) is 0 Å². The Kier molecular flexibility index (Phi) is 5.32. The highest BCUT2D eigenvalue weighted by atomic mass is 35.5. The number of para-hydroxylation sites is 1. The first-order chi connectivity index (χ1) is 12.3. The standard InChI is InChI=1S/C18H15Cl3N2O3/c1-18(12-7-6-11(19)10-14(12)21)16(24)23(17(25)22-18)8-9-26-15-5-3-2-4-13(15)20/h2-7,10H,8-9H2,1H3,(H,22,25)/t18-/m1/s1. The van der Waals surface area contributed by atoms with E-state index in [0.717, 1.165) is 4.90 Å². The average molecular weight is 414 g/mol. The number of nitrogens with zero attached hydrogens (tertiary/aromatic N) is 1. The van der Waals surface area contributed by atoms with E-state index in [-0.39, 0.29) is 13.2 Å². The summed E-state index contributed by atoms with van der Waals surface area (Å²) in [4.78, 5) is 26.3. The van der Waals surface area contributed by atoms with Crippen LogP contribution in [0.25, 0.3) is 0 Å². The van der Waals surface area contributed by atoms with Crippen LogP contribution in [0.15, 0.2) is 42.5 Å². The topological polar surface area (TPSA) is 58.6 Å². The first-order valence-electron chi connectivity index (χ1n) is 7.80. The van der Waals surface area contributed by atoms with E-state index in [4.69, 9.17) is 39.5 Å². The molecule has 2 aromatic carbocycles.